The molecule has 5 heteroatoms. The lowest BCUT2D eigenvalue weighted by atomic mass is 10.1. The van der Waals surface area contributed by atoms with Crippen molar-refractivity contribution in [1.82, 2.24) is 4.90 Å². The van der Waals surface area contributed by atoms with Crippen LogP contribution >= 0.6 is 11.8 Å². The van der Waals surface area contributed by atoms with E-state index in [1.54, 1.807) is 16.7 Å². The number of carbonyl (C=O) groups is 2. The molecule has 1 fully saturated rings. The fourth-order valence-corrected chi connectivity index (χ4v) is 3.89. The smallest absolute Gasteiger partial charge is 0.308 e. The molecule has 1 aromatic rings. The quantitative estimate of drug-likeness (QED) is 0.875. The predicted molar refractivity (Wildman–Crippen MR) is 88.7 cm³/mol. The zero-order valence-corrected chi connectivity index (χ0v) is 13.9. The van der Waals surface area contributed by atoms with Gasteiger partial charge in [-0.15, -0.1) is 11.8 Å². The molecule has 1 aliphatic heterocycles. The molecule has 1 amide bonds. The van der Waals surface area contributed by atoms with Crippen molar-refractivity contribution in [1.29, 1.82) is 0 Å². The van der Waals surface area contributed by atoms with E-state index in [1.807, 2.05) is 32.0 Å². The maximum absolute atomic E-state index is 12.7. The molecule has 1 aromatic carbocycles. The molecular weight excluding hydrogens is 298 g/mol. The Labute approximate surface area is 135 Å². The number of nitrogens with zero attached hydrogens (tertiary/aromatic N) is 1. The van der Waals surface area contributed by atoms with Gasteiger partial charge in [-0.3, -0.25) is 9.59 Å². The number of carbonyl (C=O) groups excluding carboxylic acids is 1. The van der Waals surface area contributed by atoms with E-state index in [1.165, 1.54) is 5.56 Å². The number of hydrogen-bond acceptors (Lipinski definition) is 3. The Hall–Kier alpha value is -1.49. The van der Waals surface area contributed by atoms with Crippen LogP contribution in [0.4, 0.5) is 0 Å². The van der Waals surface area contributed by atoms with Crippen LogP contribution in [0.15, 0.2) is 30.3 Å². The molecule has 2 unspecified atom stereocenters. The van der Waals surface area contributed by atoms with Crippen LogP contribution in [0, 0.1) is 11.8 Å². The third-order valence-corrected chi connectivity index (χ3v) is 5.58. The van der Waals surface area contributed by atoms with E-state index in [0.717, 1.165) is 5.75 Å². The zero-order chi connectivity index (χ0) is 16.1. The number of rotatable bonds is 6. The van der Waals surface area contributed by atoms with E-state index >= 15 is 0 Å². The Bertz CT molecular complexity index is 518. The van der Waals surface area contributed by atoms with Gasteiger partial charge < -0.3 is 10.0 Å². The van der Waals surface area contributed by atoms with Gasteiger partial charge in [-0.25, -0.2) is 0 Å². The Balaban J connectivity index is 1.96. The predicted octanol–water partition coefficient (Wildman–Crippen LogP) is 2.88. The number of benzene rings is 1. The lowest BCUT2D eigenvalue weighted by Gasteiger charge is -2.25. The van der Waals surface area contributed by atoms with E-state index in [2.05, 4.69) is 12.1 Å². The molecule has 1 heterocycles. The second-order valence-corrected chi connectivity index (χ2v) is 7.20. The number of carboxylic acids is 1. The minimum absolute atomic E-state index is 0.0830. The fraction of sp³-hybridized carbons (Fsp3) is 0.529. The Morgan fingerprint density at radius 1 is 1.32 bits per heavy atom. The van der Waals surface area contributed by atoms with Crippen LogP contribution in [0.1, 0.15) is 25.8 Å². The SMILES string of the molecule is CC(C)C(SCc1ccccc1)C(=O)N1CCC(C(=O)O)C1. The minimum Gasteiger partial charge on any atom is -0.481 e. The first-order chi connectivity index (χ1) is 10.5. The van der Waals surface area contributed by atoms with Crippen molar-refractivity contribution in [2.45, 2.75) is 31.3 Å². The molecule has 4 nitrogen and oxygen atoms in total. The summed E-state index contributed by atoms with van der Waals surface area (Å²) in [5.74, 6) is -0.0972. The average molecular weight is 321 g/mol. The van der Waals surface area contributed by atoms with Crippen LogP contribution in [0.25, 0.3) is 0 Å². The topological polar surface area (TPSA) is 57.6 Å². The average Bonchev–Trinajstić information content (AvgIpc) is 2.98. The van der Waals surface area contributed by atoms with E-state index in [-0.39, 0.29) is 17.1 Å². The molecule has 2 atom stereocenters. The van der Waals surface area contributed by atoms with E-state index < -0.39 is 11.9 Å². The lowest BCUT2D eigenvalue weighted by Crippen LogP contribution is -2.39. The van der Waals surface area contributed by atoms with Crippen molar-refractivity contribution in [3.05, 3.63) is 35.9 Å². The van der Waals surface area contributed by atoms with Gasteiger partial charge in [0, 0.05) is 18.8 Å². The summed E-state index contributed by atoms with van der Waals surface area (Å²) >= 11 is 1.65. The fourth-order valence-electron chi connectivity index (χ4n) is 2.65. The molecule has 0 aliphatic carbocycles. The van der Waals surface area contributed by atoms with Gasteiger partial charge in [-0.05, 0) is 17.9 Å². The third-order valence-electron chi connectivity index (χ3n) is 3.97. The van der Waals surface area contributed by atoms with Crippen LogP contribution < -0.4 is 0 Å². The largest absolute Gasteiger partial charge is 0.481 e. The molecule has 0 spiro atoms. The highest BCUT2D eigenvalue weighted by Crippen LogP contribution is 2.28. The Kier molecular flexibility index (Phi) is 5.89. The van der Waals surface area contributed by atoms with Gasteiger partial charge in [0.25, 0.3) is 0 Å². The second-order valence-electron chi connectivity index (χ2n) is 6.07. The van der Waals surface area contributed by atoms with Crippen LogP contribution in [-0.2, 0) is 15.3 Å². The van der Waals surface area contributed by atoms with Gasteiger partial charge in [0.15, 0.2) is 0 Å². The Morgan fingerprint density at radius 3 is 2.55 bits per heavy atom. The van der Waals surface area contributed by atoms with E-state index in [4.69, 9.17) is 5.11 Å². The number of amides is 1. The molecule has 0 radical (unpaired) electrons. The standard InChI is InChI=1S/C17H23NO3S/c1-12(2)15(22-11-13-6-4-3-5-7-13)16(19)18-9-8-14(10-18)17(20)21/h3-7,12,14-15H,8-11H2,1-2H3,(H,20,21). The monoisotopic (exact) mass is 321 g/mol. The van der Waals surface area contributed by atoms with Gasteiger partial charge in [-0.1, -0.05) is 44.2 Å². The van der Waals surface area contributed by atoms with E-state index in [0.29, 0.717) is 19.5 Å². The van der Waals surface area contributed by atoms with Gasteiger partial charge in [-0.2, -0.15) is 0 Å². The molecule has 22 heavy (non-hydrogen) atoms. The summed E-state index contributed by atoms with van der Waals surface area (Å²) in [7, 11) is 0. The third kappa shape index (κ3) is 4.26. The van der Waals surface area contributed by atoms with Crippen molar-refractivity contribution in [2.24, 2.45) is 11.8 Å². The second kappa shape index (κ2) is 7.68. The molecular formula is C17H23NO3S. The van der Waals surface area contributed by atoms with Gasteiger partial charge in [0.1, 0.15) is 0 Å². The maximum Gasteiger partial charge on any atom is 0.308 e. The molecule has 1 N–H and O–H groups in total. The molecule has 0 bridgehead atoms. The number of thioether (sulfide) groups is 1. The molecule has 1 saturated heterocycles. The van der Waals surface area contributed by atoms with Crippen molar-refractivity contribution in [3.63, 3.8) is 0 Å². The highest BCUT2D eigenvalue weighted by molar-refractivity contribution is 7.99. The first-order valence-electron chi connectivity index (χ1n) is 7.66. The first kappa shape index (κ1) is 16.9. The molecule has 2 rings (SSSR count). The summed E-state index contributed by atoms with van der Waals surface area (Å²) in [6.07, 6.45) is 0.565. The zero-order valence-electron chi connectivity index (χ0n) is 13.1. The van der Waals surface area contributed by atoms with Crippen LogP contribution in [0.3, 0.4) is 0 Å². The van der Waals surface area contributed by atoms with Gasteiger partial charge >= 0.3 is 5.97 Å². The number of carboxylic acid groups (broad SMARTS) is 1. The summed E-state index contributed by atoms with van der Waals surface area (Å²) in [4.78, 5) is 25.5. The van der Waals surface area contributed by atoms with Gasteiger partial charge in [0.05, 0.1) is 11.2 Å². The highest BCUT2D eigenvalue weighted by Gasteiger charge is 2.35. The van der Waals surface area contributed by atoms with E-state index in [9.17, 15) is 9.59 Å². The van der Waals surface area contributed by atoms with Gasteiger partial charge in [0.2, 0.25) is 5.91 Å². The Morgan fingerprint density at radius 2 is 2.00 bits per heavy atom. The summed E-state index contributed by atoms with van der Waals surface area (Å²) in [5.41, 5.74) is 1.20. The van der Waals surface area contributed by atoms with Crippen LogP contribution in [-0.4, -0.2) is 40.2 Å². The molecule has 0 saturated carbocycles. The highest BCUT2D eigenvalue weighted by atomic mass is 32.2. The normalized spacial score (nSPS) is 19.4. The van der Waals surface area contributed by atoms with Crippen LogP contribution in [0.5, 0.6) is 0 Å². The number of hydrogen-bond donors (Lipinski definition) is 1. The molecule has 1 aliphatic rings. The van der Waals surface area contributed by atoms with Crippen LogP contribution in [0.2, 0.25) is 0 Å². The summed E-state index contributed by atoms with van der Waals surface area (Å²) < 4.78 is 0. The number of likely N-dealkylation sites (tertiary alicyclic amines) is 1. The lowest BCUT2D eigenvalue weighted by molar-refractivity contribution is -0.141. The summed E-state index contributed by atoms with van der Waals surface area (Å²) in [5, 5.41) is 8.95. The van der Waals surface area contributed by atoms with Crippen molar-refractivity contribution in [3.8, 4) is 0 Å². The first-order valence-corrected chi connectivity index (χ1v) is 8.71. The summed E-state index contributed by atoms with van der Waals surface area (Å²) in [6, 6.07) is 10.1. The molecule has 0 aromatic heterocycles. The van der Waals surface area contributed by atoms with Crippen molar-refractivity contribution >= 4 is 23.6 Å². The summed E-state index contributed by atoms with van der Waals surface area (Å²) in [6.45, 7) is 5.00. The molecule has 120 valence electrons. The number of aliphatic carboxylic acids is 1. The maximum atomic E-state index is 12.7. The van der Waals surface area contributed by atoms with Crippen molar-refractivity contribution < 1.29 is 14.7 Å². The minimum atomic E-state index is -0.798. The van der Waals surface area contributed by atoms with Crippen molar-refractivity contribution in [2.75, 3.05) is 13.1 Å².